The summed E-state index contributed by atoms with van der Waals surface area (Å²) in [6.07, 6.45) is 20.9. The van der Waals surface area contributed by atoms with Crippen LogP contribution in [0.15, 0.2) is 0 Å². The van der Waals surface area contributed by atoms with E-state index < -0.39 is 0 Å². The minimum absolute atomic E-state index is 0.397. The van der Waals surface area contributed by atoms with Crippen LogP contribution >= 0.6 is 12.6 Å². The molecule has 4 atom stereocenters. The van der Waals surface area contributed by atoms with Crippen molar-refractivity contribution in [2.75, 3.05) is 0 Å². The van der Waals surface area contributed by atoms with E-state index in [9.17, 15) is 0 Å². The van der Waals surface area contributed by atoms with Gasteiger partial charge in [0.05, 0.1) is 0 Å². The maximum absolute atomic E-state index is 5.38. The van der Waals surface area contributed by atoms with E-state index in [-0.39, 0.29) is 0 Å². The van der Waals surface area contributed by atoms with Gasteiger partial charge in [0, 0.05) is 4.75 Å². The van der Waals surface area contributed by atoms with Gasteiger partial charge >= 0.3 is 0 Å². The number of hydrogen-bond acceptors (Lipinski definition) is 1. The van der Waals surface area contributed by atoms with Crippen molar-refractivity contribution in [3.8, 4) is 0 Å². The normalized spacial score (nSPS) is 55.5. The molecule has 0 aliphatic heterocycles. The van der Waals surface area contributed by atoms with Crippen LogP contribution in [0.2, 0.25) is 0 Å². The van der Waals surface area contributed by atoms with Crippen molar-refractivity contribution in [1.82, 2.24) is 0 Å². The highest BCUT2D eigenvalue weighted by Crippen LogP contribution is 2.84. The highest BCUT2D eigenvalue weighted by molar-refractivity contribution is 7.82. The van der Waals surface area contributed by atoms with Gasteiger partial charge in [-0.3, -0.25) is 0 Å². The topological polar surface area (TPSA) is 0 Å². The molecule has 0 aromatic heterocycles. The van der Waals surface area contributed by atoms with Crippen LogP contribution < -0.4 is 0 Å². The third-order valence-corrected chi connectivity index (χ3v) is 9.64. The molecule has 4 aliphatic rings. The smallest absolute Gasteiger partial charge is 0.0251 e. The molecule has 20 heavy (non-hydrogen) atoms. The predicted octanol–water partition coefficient (Wildman–Crippen LogP) is 6.15. The van der Waals surface area contributed by atoms with Gasteiger partial charge in [-0.25, -0.2) is 0 Å². The lowest BCUT2D eigenvalue weighted by Crippen LogP contribution is -2.25. The van der Waals surface area contributed by atoms with Crippen LogP contribution in [0.3, 0.4) is 0 Å². The van der Waals surface area contributed by atoms with Gasteiger partial charge in [-0.05, 0) is 67.6 Å². The van der Waals surface area contributed by atoms with E-state index in [0.717, 1.165) is 5.41 Å². The lowest BCUT2D eigenvalue weighted by Gasteiger charge is -2.36. The lowest BCUT2D eigenvalue weighted by molar-refractivity contribution is 0.169. The summed E-state index contributed by atoms with van der Waals surface area (Å²) < 4.78 is 0.397. The quantitative estimate of drug-likeness (QED) is 0.509. The van der Waals surface area contributed by atoms with Crippen LogP contribution in [0.25, 0.3) is 0 Å². The van der Waals surface area contributed by atoms with Crippen molar-refractivity contribution in [1.29, 1.82) is 0 Å². The summed E-state index contributed by atoms with van der Waals surface area (Å²) in [7, 11) is 0. The second kappa shape index (κ2) is 4.43. The zero-order valence-electron chi connectivity index (χ0n) is 13.3. The van der Waals surface area contributed by atoms with E-state index >= 15 is 0 Å². The standard InChI is InChI=1S/C19H32S/c1-16-12-13-17-8-4-2-6-10-18(16,15-14-17)19(16,20)11-7-3-5-9-17/h20H,2-15H2,1H3. The van der Waals surface area contributed by atoms with Gasteiger partial charge in [-0.2, -0.15) is 12.6 Å². The highest BCUT2D eigenvalue weighted by Gasteiger charge is 2.81. The van der Waals surface area contributed by atoms with Gasteiger partial charge in [-0.1, -0.05) is 45.4 Å². The summed E-state index contributed by atoms with van der Waals surface area (Å²) in [5.41, 5.74) is 1.92. The Labute approximate surface area is 130 Å². The second-order valence-corrected chi connectivity index (χ2v) is 9.66. The first-order chi connectivity index (χ1) is 9.58. The van der Waals surface area contributed by atoms with E-state index in [1.165, 1.54) is 77.0 Å². The molecule has 0 aromatic carbocycles. The Balaban J connectivity index is 1.77. The molecule has 4 fully saturated rings. The number of thiol groups is 1. The lowest BCUT2D eigenvalue weighted by atomic mass is 9.70. The molecule has 4 aliphatic carbocycles. The van der Waals surface area contributed by atoms with Crippen LogP contribution in [0.1, 0.15) is 96.8 Å². The van der Waals surface area contributed by atoms with Gasteiger partial charge in [0.1, 0.15) is 0 Å². The van der Waals surface area contributed by atoms with Crippen molar-refractivity contribution in [3.05, 3.63) is 0 Å². The molecule has 0 heterocycles. The van der Waals surface area contributed by atoms with Gasteiger partial charge in [0.25, 0.3) is 0 Å². The first-order valence-corrected chi connectivity index (χ1v) is 9.75. The minimum atomic E-state index is 0.397. The Morgan fingerprint density at radius 1 is 0.600 bits per heavy atom. The molecule has 1 heteroatoms. The van der Waals surface area contributed by atoms with E-state index in [2.05, 4.69) is 6.92 Å². The molecule has 0 saturated heterocycles. The average Bonchev–Trinajstić information content (AvgIpc) is 2.86. The summed E-state index contributed by atoms with van der Waals surface area (Å²) in [5, 5.41) is 0. The molecule has 0 N–H and O–H groups in total. The molecule has 4 rings (SSSR count). The molecular weight excluding hydrogens is 260 g/mol. The fourth-order valence-corrected chi connectivity index (χ4v) is 7.87. The summed E-state index contributed by atoms with van der Waals surface area (Å²) >= 11 is 5.38. The number of rotatable bonds is 0. The average molecular weight is 293 g/mol. The molecule has 114 valence electrons. The fraction of sp³-hybridized carbons (Fsp3) is 1.00. The monoisotopic (exact) mass is 292 g/mol. The fourth-order valence-electron chi connectivity index (χ4n) is 6.98. The number of fused-ring (bicyclic) bond motifs is 2. The Morgan fingerprint density at radius 2 is 1.20 bits per heavy atom. The molecule has 0 radical (unpaired) electrons. The Hall–Kier alpha value is 0.350. The zero-order chi connectivity index (χ0) is 13.9. The Kier molecular flexibility index (Phi) is 3.10. The van der Waals surface area contributed by atoms with Crippen molar-refractivity contribution in [3.63, 3.8) is 0 Å². The molecular formula is C19H32S. The molecule has 0 aromatic rings. The molecule has 4 unspecified atom stereocenters. The second-order valence-electron chi connectivity index (χ2n) is 8.90. The third kappa shape index (κ3) is 1.57. The van der Waals surface area contributed by atoms with Crippen molar-refractivity contribution in [2.45, 2.75) is 102 Å². The van der Waals surface area contributed by atoms with Gasteiger partial charge in [0.2, 0.25) is 0 Å². The Bertz CT molecular complexity index is 405. The van der Waals surface area contributed by atoms with E-state index in [1.807, 2.05) is 0 Å². The van der Waals surface area contributed by atoms with Crippen molar-refractivity contribution < 1.29 is 0 Å². The minimum Gasteiger partial charge on any atom is -0.171 e. The van der Waals surface area contributed by atoms with E-state index in [4.69, 9.17) is 12.6 Å². The summed E-state index contributed by atoms with van der Waals surface area (Å²) in [6, 6.07) is 0. The number of hydrogen-bond donors (Lipinski definition) is 1. The molecule has 3 bridgehead atoms. The van der Waals surface area contributed by atoms with Crippen molar-refractivity contribution in [2.24, 2.45) is 16.2 Å². The maximum atomic E-state index is 5.38. The third-order valence-electron chi connectivity index (χ3n) is 8.49. The summed E-state index contributed by atoms with van der Waals surface area (Å²) in [4.78, 5) is 0. The van der Waals surface area contributed by atoms with Crippen LogP contribution in [0.4, 0.5) is 0 Å². The molecule has 4 saturated carbocycles. The van der Waals surface area contributed by atoms with Gasteiger partial charge in [-0.15, -0.1) is 0 Å². The van der Waals surface area contributed by atoms with E-state index in [0.29, 0.717) is 15.6 Å². The Morgan fingerprint density at radius 3 is 1.95 bits per heavy atom. The van der Waals surface area contributed by atoms with Gasteiger partial charge < -0.3 is 0 Å². The van der Waals surface area contributed by atoms with Crippen LogP contribution in [0, 0.1) is 16.2 Å². The van der Waals surface area contributed by atoms with Crippen LogP contribution in [0.5, 0.6) is 0 Å². The summed E-state index contributed by atoms with van der Waals surface area (Å²) in [5.74, 6) is 0. The predicted molar refractivity (Wildman–Crippen MR) is 89.3 cm³/mol. The van der Waals surface area contributed by atoms with Crippen LogP contribution in [-0.2, 0) is 0 Å². The molecule has 0 nitrogen and oxygen atoms in total. The van der Waals surface area contributed by atoms with Gasteiger partial charge in [0.15, 0.2) is 0 Å². The highest BCUT2D eigenvalue weighted by atomic mass is 32.1. The molecule has 2 spiro atoms. The first-order valence-electron chi connectivity index (χ1n) is 9.30. The summed E-state index contributed by atoms with van der Waals surface area (Å²) in [6.45, 7) is 2.62. The van der Waals surface area contributed by atoms with Crippen LogP contribution in [-0.4, -0.2) is 4.75 Å². The molecule has 0 amide bonds. The largest absolute Gasteiger partial charge is 0.171 e. The van der Waals surface area contributed by atoms with Crippen molar-refractivity contribution >= 4 is 12.6 Å². The van der Waals surface area contributed by atoms with E-state index in [1.54, 1.807) is 12.8 Å². The first kappa shape index (κ1) is 14.0. The zero-order valence-corrected chi connectivity index (χ0v) is 14.2. The maximum Gasteiger partial charge on any atom is 0.0251 e. The SMILES string of the molecule is CC12CCC34CCCCCC1(S)C2(CCCCC3)CC4.